The molecule has 1 aromatic carbocycles. The summed E-state index contributed by atoms with van der Waals surface area (Å²) in [6.45, 7) is 2.50. The van der Waals surface area contributed by atoms with Gasteiger partial charge in [0.25, 0.3) is 10.1 Å². The molecule has 0 saturated carbocycles. The molecule has 0 aliphatic rings. The van der Waals surface area contributed by atoms with E-state index in [2.05, 4.69) is 10.1 Å². The first-order chi connectivity index (χ1) is 11.5. The second kappa shape index (κ2) is 7.14. The molecule has 25 heavy (non-hydrogen) atoms. The van der Waals surface area contributed by atoms with Gasteiger partial charge in [-0.3, -0.25) is 4.18 Å². The molecule has 2 rings (SSSR count). The highest BCUT2D eigenvalue weighted by atomic mass is 32.2. The van der Waals surface area contributed by atoms with Gasteiger partial charge in [0.2, 0.25) is 0 Å². The normalized spacial score (nSPS) is 17.0. The van der Waals surface area contributed by atoms with Crippen molar-refractivity contribution < 1.29 is 26.5 Å². The van der Waals surface area contributed by atoms with Gasteiger partial charge in [-0.1, -0.05) is 13.0 Å². The quantitative estimate of drug-likeness (QED) is 0.736. The van der Waals surface area contributed by atoms with E-state index >= 15 is 0 Å². The number of hydrogen-bond donors (Lipinski definition) is 1. The molecule has 1 aromatic heterocycles. The lowest BCUT2D eigenvalue weighted by molar-refractivity contribution is -0.0750. The zero-order valence-electron chi connectivity index (χ0n) is 13.9. The minimum Gasteiger partial charge on any atom is -0.383 e. The zero-order valence-corrected chi connectivity index (χ0v) is 14.7. The van der Waals surface area contributed by atoms with Crippen molar-refractivity contribution in [2.24, 2.45) is 5.92 Å². The van der Waals surface area contributed by atoms with Gasteiger partial charge < -0.3 is 5.11 Å². The topological polar surface area (TPSA) is 94.3 Å². The maximum Gasteiger partial charge on any atom is 0.264 e. The summed E-state index contributed by atoms with van der Waals surface area (Å²) in [6, 6.07) is 3.20. The number of hydrogen-bond acceptors (Lipinski definition) is 6. The molecule has 0 fully saturated rings. The molecule has 0 spiro atoms. The highest BCUT2D eigenvalue weighted by Crippen LogP contribution is 2.37. The molecule has 0 bridgehead atoms. The van der Waals surface area contributed by atoms with Gasteiger partial charge >= 0.3 is 0 Å². The Morgan fingerprint density at radius 1 is 1.32 bits per heavy atom. The smallest absolute Gasteiger partial charge is 0.264 e. The standard InChI is InChI=1S/C15H19F2N3O4S/c1-10(11(2)24-25(3,22)23)15(21,7-20-9-18-8-19-20)14-12(16)5-4-6-13(14)17/h4-6,8-11,21H,7H2,1-3H3/t10-,11+,15+/m0/s1. The van der Waals surface area contributed by atoms with Crippen LogP contribution < -0.4 is 0 Å². The van der Waals surface area contributed by atoms with Gasteiger partial charge in [0.05, 0.1) is 24.5 Å². The van der Waals surface area contributed by atoms with E-state index in [-0.39, 0.29) is 6.54 Å². The van der Waals surface area contributed by atoms with E-state index in [4.69, 9.17) is 4.18 Å². The maximum atomic E-state index is 14.3. The van der Waals surface area contributed by atoms with E-state index in [9.17, 15) is 22.3 Å². The summed E-state index contributed by atoms with van der Waals surface area (Å²) in [5, 5.41) is 15.1. The predicted octanol–water partition coefficient (Wildman–Crippen LogP) is 1.44. The second-order valence-corrected chi connectivity index (χ2v) is 7.51. The van der Waals surface area contributed by atoms with E-state index in [1.165, 1.54) is 37.3 Å². The van der Waals surface area contributed by atoms with Crippen LogP contribution in [-0.4, -0.2) is 40.6 Å². The van der Waals surface area contributed by atoms with Gasteiger partial charge in [-0.05, 0) is 19.1 Å². The highest BCUT2D eigenvalue weighted by molar-refractivity contribution is 7.86. The summed E-state index contributed by atoms with van der Waals surface area (Å²) in [4.78, 5) is 3.73. The third-order valence-corrected chi connectivity index (χ3v) is 4.70. The molecule has 0 aliphatic heterocycles. The van der Waals surface area contributed by atoms with Crippen molar-refractivity contribution in [2.75, 3.05) is 6.26 Å². The van der Waals surface area contributed by atoms with E-state index < -0.39 is 44.9 Å². The van der Waals surface area contributed by atoms with Crippen molar-refractivity contribution in [3.05, 3.63) is 48.1 Å². The molecule has 1 N–H and O–H groups in total. The van der Waals surface area contributed by atoms with Gasteiger partial charge in [-0.15, -0.1) is 0 Å². The summed E-state index contributed by atoms with van der Waals surface area (Å²) in [7, 11) is -3.83. The number of halogens is 2. The average molecular weight is 375 g/mol. The molecule has 0 saturated heterocycles. The molecule has 0 radical (unpaired) electrons. The Kier molecular flexibility index (Phi) is 5.55. The monoisotopic (exact) mass is 375 g/mol. The Balaban J connectivity index is 2.52. The number of rotatable bonds is 7. The van der Waals surface area contributed by atoms with Gasteiger partial charge in [-0.25, -0.2) is 18.4 Å². The van der Waals surface area contributed by atoms with Crippen LogP contribution in [0.1, 0.15) is 19.4 Å². The fourth-order valence-corrected chi connectivity index (χ4v) is 3.39. The SMILES string of the molecule is C[C@@H](OS(C)(=O)=O)[C@H](C)[C@](O)(Cn1cncn1)c1c(F)cccc1F. The fourth-order valence-electron chi connectivity index (χ4n) is 2.67. The fraction of sp³-hybridized carbons (Fsp3) is 0.467. The second-order valence-electron chi connectivity index (χ2n) is 5.91. The van der Waals surface area contributed by atoms with Gasteiger partial charge in [0, 0.05) is 5.92 Å². The number of nitrogens with zero attached hydrogens (tertiary/aromatic N) is 3. The Morgan fingerprint density at radius 2 is 1.92 bits per heavy atom. The minimum absolute atomic E-state index is 0.344. The van der Waals surface area contributed by atoms with Crippen molar-refractivity contribution in [1.82, 2.24) is 14.8 Å². The van der Waals surface area contributed by atoms with E-state index in [0.717, 1.165) is 18.4 Å². The van der Waals surface area contributed by atoms with Crippen LogP contribution in [0.25, 0.3) is 0 Å². The molecule has 10 heteroatoms. The molecule has 0 unspecified atom stereocenters. The molecule has 0 amide bonds. The van der Waals surface area contributed by atoms with Crippen molar-refractivity contribution in [2.45, 2.75) is 32.1 Å². The first-order valence-corrected chi connectivity index (χ1v) is 9.24. The summed E-state index contributed by atoms with van der Waals surface area (Å²) in [5.74, 6) is -2.92. The van der Waals surface area contributed by atoms with Crippen LogP contribution in [0.15, 0.2) is 30.9 Å². The van der Waals surface area contributed by atoms with Crippen LogP contribution in [0, 0.1) is 17.6 Å². The lowest BCUT2D eigenvalue weighted by Gasteiger charge is -2.37. The molecule has 3 atom stereocenters. The molecular formula is C15H19F2N3O4S. The van der Waals surface area contributed by atoms with Gasteiger partial charge in [-0.2, -0.15) is 13.5 Å². The summed E-state index contributed by atoms with van der Waals surface area (Å²) in [6.07, 6.45) is 2.29. The van der Waals surface area contributed by atoms with Crippen LogP contribution in [0.4, 0.5) is 8.78 Å². The van der Waals surface area contributed by atoms with Crippen molar-refractivity contribution in [3.8, 4) is 0 Å². The zero-order chi connectivity index (χ0) is 18.8. The van der Waals surface area contributed by atoms with Crippen molar-refractivity contribution in [3.63, 3.8) is 0 Å². The molecule has 138 valence electrons. The predicted molar refractivity (Wildman–Crippen MR) is 84.8 cm³/mol. The van der Waals surface area contributed by atoms with Gasteiger partial charge in [0.1, 0.15) is 29.9 Å². The Hall–Kier alpha value is -1.91. The maximum absolute atomic E-state index is 14.3. The average Bonchev–Trinajstić information content (AvgIpc) is 2.97. The Bertz CT molecular complexity index is 809. The first-order valence-electron chi connectivity index (χ1n) is 7.42. The molecule has 1 heterocycles. The minimum atomic E-state index is -3.83. The number of aromatic nitrogens is 3. The van der Waals surface area contributed by atoms with Gasteiger partial charge in [0.15, 0.2) is 0 Å². The summed E-state index contributed by atoms with van der Waals surface area (Å²) >= 11 is 0. The van der Waals surface area contributed by atoms with E-state index in [1.807, 2.05) is 0 Å². The highest BCUT2D eigenvalue weighted by Gasteiger charge is 2.44. The van der Waals surface area contributed by atoms with Crippen LogP contribution >= 0.6 is 0 Å². The van der Waals surface area contributed by atoms with Crippen LogP contribution in [0.3, 0.4) is 0 Å². The third kappa shape index (κ3) is 4.39. The van der Waals surface area contributed by atoms with Crippen molar-refractivity contribution >= 4 is 10.1 Å². The lowest BCUT2D eigenvalue weighted by atomic mass is 9.79. The molecule has 2 aromatic rings. The van der Waals surface area contributed by atoms with Crippen molar-refractivity contribution in [1.29, 1.82) is 0 Å². The van der Waals surface area contributed by atoms with Crippen LogP contribution in [0.2, 0.25) is 0 Å². The Labute approximate surface area is 144 Å². The lowest BCUT2D eigenvalue weighted by Crippen LogP contribution is -2.45. The number of benzene rings is 1. The Morgan fingerprint density at radius 3 is 2.40 bits per heavy atom. The van der Waals surface area contributed by atoms with E-state index in [0.29, 0.717) is 0 Å². The largest absolute Gasteiger partial charge is 0.383 e. The third-order valence-electron chi connectivity index (χ3n) is 4.05. The van der Waals surface area contributed by atoms with E-state index in [1.54, 1.807) is 0 Å². The number of aliphatic hydroxyl groups is 1. The molecular weight excluding hydrogens is 356 g/mol. The molecule has 7 nitrogen and oxygen atoms in total. The van der Waals surface area contributed by atoms with Crippen LogP contribution in [0.5, 0.6) is 0 Å². The first kappa shape index (κ1) is 19.4. The van der Waals surface area contributed by atoms with Crippen LogP contribution in [-0.2, 0) is 26.4 Å². The molecule has 0 aliphatic carbocycles. The summed E-state index contributed by atoms with van der Waals surface area (Å²) < 4.78 is 57.5. The summed E-state index contributed by atoms with van der Waals surface area (Å²) in [5.41, 5.74) is -2.71.